The molecule has 3 rings (SSSR count). The number of nitrogens with one attached hydrogen (secondary N) is 1. The first-order valence-electron chi connectivity index (χ1n) is 8.10. The van der Waals surface area contributed by atoms with E-state index in [9.17, 15) is 12.8 Å². The van der Waals surface area contributed by atoms with E-state index in [2.05, 4.69) is 9.88 Å². The largest absolute Gasteiger partial charge is 0.469 e. The number of hydrogen-bond acceptors (Lipinski definition) is 5. The summed E-state index contributed by atoms with van der Waals surface area (Å²) in [6, 6.07) is 9.67. The highest BCUT2D eigenvalue weighted by atomic mass is 32.2. The van der Waals surface area contributed by atoms with Crippen LogP contribution in [0.15, 0.2) is 56.5 Å². The van der Waals surface area contributed by atoms with Crippen molar-refractivity contribution < 1.29 is 21.7 Å². The summed E-state index contributed by atoms with van der Waals surface area (Å²) >= 11 is 0. The topological polar surface area (TPSA) is 85.3 Å². The molecule has 0 aliphatic heterocycles. The Morgan fingerprint density at radius 3 is 2.50 bits per heavy atom. The zero-order valence-corrected chi connectivity index (χ0v) is 15.2. The van der Waals surface area contributed by atoms with Gasteiger partial charge in [-0.3, -0.25) is 0 Å². The maximum absolute atomic E-state index is 13.2. The fourth-order valence-corrected chi connectivity index (χ4v) is 4.30. The van der Waals surface area contributed by atoms with Crippen LogP contribution in [0.5, 0.6) is 0 Å². The van der Waals surface area contributed by atoms with E-state index < -0.39 is 10.0 Å². The maximum atomic E-state index is 13.2. The number of halogens is 1. The van der Waals surface area contributed by atoms with E-state index >= 15 is 0 Å². The smallest absolute Gasteiger partial charge is 0.245 e. The van der Waals surface area contributed by atoms with Crippen molar-refractivity contribution in [3.05, 3.63) is 71.3 Å². The second-order valence-corrected chi connectivity index (χ2v) is 7.66. The number of sulfonamides is 1. The molecule has 2 aromatic heterocycles. The molecule has 0 unspecified atom stereocenters. The number of rotatable bonds is 7. The average Bonchev–Trinajstić information content (AvgIpc) is 3.23. The first-order valence-corrected chi connectivity index (χ1v) is 9.58. The summed E-state index contributed by atoms with van der Waals surface area (Å²) in [5.41, 5.74) is 1.16. The highest BCUT2D eigenvalue weighted by Crippen LogP contribution is 2.28. The van der Waals surface area contributed by atoms with Crippen LogP contribution in [0.25, 0.3) is 0 Å². The molecule has 1 atom stereocenters. The summed E-state index contributed by atoms with van der Waals surface area (Å²) in [6.45, 7) is 3.31. The van der Waals surface area contributed by atoms with Crippen molar-refractivity contribution in [1.82, 2.24) is 9.88 Å². The number of hydrogen-bond donors (Lipinski definition) is 1. The Morgan fingerprint density at radius 1 is 1.19 bits per heavy atom. The maximum Gasteiger partial charge on any atom is 0.245 e. The summed E-state index contributed by atoms with van der Waals surface area (Å²) in [5, 5.41) is 3.68. The van der Waals surface area contributed by atoms with Crippen LogP contribution in [0.3, 0.4) is 0 Å². The van der Waals surface area contributed by atoms with Gasteiger partial charge in [0.2, 0.25) is 10.0 Å². The van der Waals surface area contributed by atoms with E-state index in [-0.39, 0.29) is 28.9 Å². The second kappa shape index (κ2) is 7.43. The van der Waals surface area contributed by atoms with Gasteiger partial charge in [0.25, 0.3) is 0 Å². The highest BCUT2D eigenvalue weighted by Gasteiger charge is 2.25. The highest BCUT2D eigenvalue weighted by molar-refractivity contribution is 7.89. The van der Waals surface area contributed by atoms with Crippen LogP contribution in [0.2, 0.25) is 0 Å². The lowest BCUT2D eigenvalue weighted by Crippen LogP contribution is -2.27. The molecular weight excluding hydrogens is 359 g/mol. The third-order valence-electron chi connectivity index (χ3n) is 4.12. The third-order valence-corrected chi connectivity index (χ3v) is 5.83. The molecule has 0 aliphatic rings. The van der Waals surface area contributed by atoms with Crippen LogP contribution in [0.1, 0.15) is 35.1 Å². The van der Waals surface area contributed by atoms with Gasteiger partial charge in [0.05, 0.1) is 6.26 Å². The van der Waals surface area contributed by atoms with Gasteiger partial charge in [-0.25, -0.2) is 17.5 Å². The van der Waals surface area contributed by atoms with Crippen LogP contribution in [-0.4, -0.2) is 20.1 Å². The van der Waals surface area contributed by atoms with Gasteiger partial charge in [-0.2, -0.15) is 0 Å². The zero-order chi connectivity index (χ0) is 18.7. The normalized spacial score (nSPS) is 13.0. The van der Waals surface area contributed by atoms with Gasteiger partial charge in [-0.15, -0.1) is 0 Å². The van der Waals surface area contributed by atoms with Crippen LogP contribution in [-0.2, 0) is 10.0 Å². The van der Waals surface area contributed by atoms with Gasteiger partial charge in [0.15, 0.2) is 5.76 Å². The van der Waals surface area contributed by atoms with Gasteiger partial charge >= 0.3 is 0 Å². The zero-order valence-electron chi connectivity index (χ0n) is 14.4. The minimum Gasteiger partial charge on any atom is -0.469 e. The molecule has 3 aromatic rings. The lowest BCUT2D eigenvalue weighted by atomic mass is 9.93. The van der Waals surface area contributed by atoms with Crippen molar-refractivity contribution in [3.63, 3.8) is 0 Å². The monoisotopic (exact) mass is 378 g/mol. The minimum atomic E-state index is -3.73. The summed E-state index contributed by atoms with van der Waals surface area (Å²) in [6.07, 6.45) is 2.00. The molecule has 0 fully saturated rings. The summed E-state index contributed by atoms with van der Waals surface area (Å²) < 4.78 is 51.2. The van der Waals surface area contributed by atoms with E-state index in [1.807, 2.05) is 6.07 Å². The Kier molecular flexibility index (Phi) is 5.24. The van der Waals surface area contributed by atoms with Gasteiger partial charge in [0.1, 0.15) is 22.2 Å². The molecule has 6 nitrogen and oxygen atoms in total. The van der Waals surface area contributed by atoms with E-state index in [0.717, 1.165) is 5.56 Å². The number of nitrogens with zero attached hydrogens (tertiary/aromatic N) is 1. The number of aryl methyl sites for hydroxylation is 2. The molecule has 1 aromatic carbocycles. The van der Waals surface area contributed by atoms with Gasteiger partial charge in [-0.05, 0) is 50.1 Å². The average molecular weight is 378 g/mol. The van der Waals surface area contributed by atoms with Crippen molar-refractivity contribution in [2.75, 3.05) is 6.54 Å². The fourth-order valence-electron chi connectivity index (χ4n) is 2.93. The molecule has 0 spiro atoms. The second-order valence-electron chi connectivity index (χ2n) is 5.96. The summed E-state index contributed by atoms with van der Waals surface area (Å²) in [4.78, 5) is 0.0637. The molecular formula is C18H19FN2O4S. The van der Waals surface area contributed by atoms with Crippen LogP contribution < -0.4 is 4.72 Å². The van der Waals surface area contributed by atoms with E-state index in [0.29, 0.717) is 17.9 Å². The van der Waals surface area contributed by atoms with Crippen molar-refractivity contribution >= 4 is 10.0 Å². The lowest BCUT2D eigenvalue weighted by Gasteiger charge is -2.16. The Hall–Kier alpha value is -2.45. The minimum absolute atomic E-state index is 0.0637. The number of aromatic nitrogens is 1. The SMILES string of the molecule is Cc1noc(C)c1S(=O)(=O)NCC[C@H](c1ccc(F)cc1)c1ccco1. The Labute approximate surface area is 151 Å². The Morgan fingerprint density at radius 2 is 1.92 bits per heavy atom. The Balaban J connectivity index is 1.76. The predicted octanol–water partition coefficient (Wildman–Crippen LogP) is 3.52. The molecule has 0 saturated heterocycles. The quantitative estimate of drug-likeness (QED) is 0.680. The molecule has 138 valence electrons. The van der Waals surface area contributed by atoms with Crippen LogP contribution in [0.4, 0.5) is 4.39 Å². The molecule has 0 amide bonds. The van der Waals surface area contributed by atoms with Crippen LogP contribution >= 0.6 is 0 Å². The van der Waals surface area contributed by atoms with Crippen molar-refractivity contribution in [3.8, 4) is 0 Å². The molecule has 2 heterocycles. The molecule has 26 heavy (non-hydrogen) atoms. The summed E-state index contributed by atoms with van der Waals surface area (Å²) in [7, 11) is -3.73. The lowest BCUT2D eigenvalue weighted by molar-refractivity contribution is 0.390. The molecule has 0 radical (unpaired) electrons. The summed E-state index contributed by atoms with van der Waals surface area (Å²) in [5.74, 6) is 0.410. The van der Waals surface area contributed by atoms with Crippen molar-refractivity contribution in [2.24, 2.45) is 0 Å². The molecule has 0 aliphatic carbocycles. The van der Waals surface area contributed by atoms with E-state index in [1.54, 1.807) is 38.3 Å². The van der Waals surface area contributed by atoms with Gasteiger partial charge < -0.3 is 8.94 Å². The standard InChI is InChI=1S/C18H19FN2O4S/c1-12-18(13(2)25-21-12)26(22,23)20-10-9-16(17-4-3-11-24-17)14-5-7-15(19)8-6-14/h3-8,11,16,20H,9-10H2,1-2H3/t16-/m1/s1. The number of furan rings is 1. The predicted molar refractivity (Wildman–Crippen MR) is 92.7 cm³/mol. The van der Waals surface area contributed by atoms with Crippen molar-refractivity contribution in [1.29, 1.82) is 0 Å². The molecule has 0 bridgehead atoms. The fraction of sp³-hybridized carbons (Fsp3) is 0.278. The van der Waals surface area contributed by atoms with Gasteiger partial charge in [-0.1, -0.05) is 17.3 Å². The number of benzene rings is 1. The molecule has 1 N–H and O–H groups in total. The third kappa shape index (κ3) is 3.86. The van der Waals surface area contributed by atoms with E-state index in [1.165, 1.54) is 12.1 Å². The first kappa shape index (κ1) is 18.3. The van der Waals surface area contributed by atoms with E-state index in [4.69, 9.17) is 8.94 Å². The van der Waals surface area contributed by atoms with Crippen molar-refractivity contribution in [2.45, 2.75) is 31.1 Å². The van der Waals surface area contributed by atoms with Crippen LogP contribution in [0, 0.1) is 19.7 Å². The molecule has 0 saturated carbocycles. The first-order chi connectivity index (χ1) is 12.4. The Bertz CT molecular complexity index is 944. The molecule has 8 heteroatoms. The van der Waals surface area contributed by atoms with Gasteiger partial charge in [0, 0.05) is 12.5 Å².